The van der Waals surface area contributed by atoms with Gasteiger partial charge >= 0.3 is 0 Å². The first-order valence-corrected chi connectivity index (χ1v) is 7.39. The number of benzene rings is 1. The van der Waals surface area contributed by atoms with Crippen molar-refractivity contribution in [1.82, 2.24) is 14.5 Å². The summed E-state index contributed by atoms with van der Waals surface area (Å²) < 4.78 is 2.06. The molecule has 0 radical (unpaired) electrons. The first-order valence-electron chi connectivity index (χ1n) is 7.39. The molecule has 2 N–H and O–H groups in total. The van der Waals surface area contributed by atoms with Crippen LogP contribution in [0.4, 0.5) is 11.5 Å². The van der Waals surface area contributed by atoms with Crippen molar-refractivity contribution in [1.29, 1.82) is 0 Å². The fourth-order valence-corrected chi connectivity index (χ4v) is 2.82. The molecule has 4 aromatic rings. The average Bonchev–Trinajstić information content (AvgIpc) is 2.84. The molecule has 4 rings (SSSR count). The zero-order valence-electron chi connectivity index (χ0n) is 12.9. The van der Waals surface area contributed by atoms with Crippen LogP contribution in [-0.4, -0.2) is 19.6 Å². The van der Waals surface area contributed by atoms with Gasteiger partial charge in [0, 0.05) is 42.0 Å². The van der Waals surface area contributed by atoms with Crippen molar-refractivity contribution in [2.24, 2.45) is 7.05 Å². The third kappa shape index (κ3) is 2.17. The molecular weight excluding hydrogens is 288 g/mol. The van der Waals surface area contributed by atoms with Gasteiger partial charge in [0.1, 0.15) is 17.2 Å². The number of aryl methyl sites for hydroxylation is 2. The second-order valence-corrected chi connectivity index (χ2v) is 5.65. The Bertz CT molecular complexity index is 1040. The van der Waals surface area contributed by atoms with Crippen LogP contribution in [0.1, 0.15) is 5.56 Å². The summed E-state index contributed by atoms with van der Waals surface area (Å²) in [5, 5.41) is 15.2. The standard InChI is InChI=1S/C18H16N4O/c1-11-3-4-12(9-16(11)23)20-17-6-5-13-14-10-19-8-7-15(14)22(2)18(13)21-17/h3-10,23H,1-2H3,(H,20,21). The lowest BCUT2D eigenvalue weighted by atomic mass is 10.2. The van der Waals surface area contributed by atoms with E-state index in [9.17, 15) is 5.11 Å². The van der Waals surface area contributed by atoms with Gasteiger partial charge in [0.2, 0.25) is 0 Å². The van der Waals surface area contributed by atoms with Crippen molar-refractivity contribution in [3.63, 3.8) is 0 Å². The fraction of sp³-hybridized carbons (Fsp3) is 0.111. The van der Waals surface area contributed by atoms with Gasteiger partial charge in [-0.25, -0.2) is 4.98 Å². The molecule has 0 aliphatic rings. The van der Waals surface area contributed by atoms with Gasteiger partial charge in [-0.15, -0.1) is 0 Å². The van der Waals surface area contributed by atoms with Gasteiger partial charge < -0.3 is 15.0 Å². The number of anilines is 2. The molecule has 0 saturated heterocycles. The lowest BCUT2D eigenvalue weighted by Crippen LogP contribution is -1.96. The molecule has 3 aromatic heterocycles. The normalized spacial score (nSPS) is 11.2. The van der Waals surface area contributed by atoms with Gasteiger partial charge in [0.25, 0.3) is 0 Å². The van der Waals surface area contributed by atoms with E-state index < -0.39 is 0 Å². The number of hydrogen-bond donors (Lipinski definition) is 2. The molecule has 3 heterocycles. The van der Waals surface area contributed by atoms with E-state index in [0.29, 0.717) is 0 Å². The minimum atomic E-state index is 0.270. The van der Waals surface area contributed by atoms with E-state index in [0.717, 1.165) is 39.0 Å². The molecular formula is C18H16N4O. The van der Waals surface area contributed by atoms with Crippen LogP contribution in [0.5, 0.6) is 5.75 Å². The van der Waals surface area contributed by atoms with Gasteiger partial charge in [-0.1, -0.05) is 6.07 Å². The Balaban J connectivity index is 1.81. The van der Waals surface area contributed by atoms with Crippen LogP contribution in [0.3, 0.4) is 0 Å². The minimum Gasteiger partial charge on any atom is -0.508 e. The third-order valence-electron chi connectivity index (χ3n) is 4.12. The average molecular weight is 304 g/mol. The zero-order valence-corrected chi connectivity index (χ0v) is 12.9. The molecule has 114 valence electrons. The number of rotatable bonds is 2. The highest BCUT2D eigenvalue weighted by Gasteiger charge is 2.10. The molecule has 0 aliphatic heterocycles. The number of fused-ring (bicyclic) bond motifs is 3. The quantitative estimate of drug-likeness (QED) is 0.590. The number of phenols is 1. The molecule has 0 spiro atoms. The maximum absolute atomic E-state index is 9.82. The Hall–Kier alpha value is -3.08. The number of aromatic hydroxyl groups is 1. The smallest absolute Gasteiger partial charge is 0.143 e. The van der Waals surface area contributed by atoms with Crippen molar-refractivity contribution in [3.8, 4) is 5.75 Å². The van der Waals surface area contributed by atoms with Gasteiger partial charge in [-0.3, -0.25) is 4.98 Å². The summed E-state index contributed by atoms with van der Waals surface area (Å²) in [6.07, 6.45) is 3.65. The van der Waals surface area contributed by atoms with E-state index in [-0.39, 0.29) is 5.75 Å². The molecule has 23 heavy (non-hydrogen) atoms. The second kappa shape index (κ2) is 4.98. The van der Waals surface area contributed by atoms with E-state index >= 15 is 0 Å². The van der Waals surface area contributed by atoms with Crippen molar-refractivity contribution in [2.45, 2.75) is 6.92 Å². The summed E-state index contributed by atoms with van der Waals surface area (Å²) in [6.45, 7) is 1.87. The van der Waals surface area contributed by atoms with Crippen LogP contribution in [0.2, 0.25) is 0 Å². The number of aromatic nitrogens is 3. The van der Waals surface area contributed by atoms with Crippen molar-refractivity contribution in [2.75, 3.05) is 5.32 Å². The third-order valence-corrected chi connectivity index (χ3v) is 4.12. The molecule has 0 bridgehead atoms. The predicted octanol–water partition coefficient (Wildman–Crippen LogP) is 3.88. The Morgan fingerprint density at radius 1 is 1.09 bits per heavy atom. The van der Waals surface area contributed by atoms with Crippen molar-refractivity contribution >= 4 is 33.4 Å². The molecule has 0 unspecified atom stereocenters. The largest absolute Gasteiger partial charge is 0.508 e. The zero-order chi connectivity index (χ0) is 16.0. The summed E-state index contributed by atoms with van der Waals surface area (Å²) in [7, 11) is 2.00. The Morgan fingerprint density at radius 2 is 1.96 bits per heavy atom. The van der Waals surface area contributed by atoms with E-state index in [4.69, 9.17) is 4.98 Å². The van der Waals surface area contributed by atoms with Crippen LogP contribution in [0, 0.1) is 6.92 Å². The first kappa shape index (κ1) is 13.6. The Labute approximate surface area is 133 Å². The van der Waals surface area contributed by atoms with Gasteiger partial charge in [-0.05, 0) is 36.8 Å². The molecule has 0 aliphatic carbocycles. The van der Waals surface area contributed by atoms with E-state index in [1.807, 2.05) is 50.5 Å². The van der Waals surface area contributed by atoms with Crippen molar-refractivity contribution in [3.05, 3.63) is 54.4 Å². The number of pyridine rings is 2. The highest BCUT2D eigenvalue weighted by molar-refractivity contribution is 6.06. The Morgan fingerprint density at radius 3 is 2.78 bits per heavy atom. The summed E-state index contributed by atoms with van der Waals surface area (Å²) in [5.41, 5.74) is 3.66. The molecule has 0 fully saturated rings. The lowest BCUT2D eigenvalue weighted by Gasteiger charge is -2.08. The minimum absolute atomic E-state index is 0.270. The van der Waals surface area contributed by atoms with Crippen molar-refractivity contribution < 1.29 is 5.11 Å². The highest BCUT2D eigenvalue weighted by atomic mass is 16.3. The van der Waals surface area contributed by atoms with Crippen LogP contribution in [-0.2, 0) is 7.05 Å². The number of nitrogens with zero attached hydrogens (tertiary/aromatic N) is 3. The van der Waals surface area contributed by atoms with Crippen LogP contribution < -0.4 is 5.32 Å². The first-order chi connectivity index (χ1) is 11.1. The molecule has 0 saturated carbocycles. The Kier molecular flexibility index (Phi) is 2.94. The summed E-state index contributed by atoms with van der Waals surface area (Å²) in [4.78, 5) is 8.90. The second-order valence-electron chi connectivity index (χ2n) is 5.65. The highest BCUT2D eigenvalue weighted by Crippen LogP contribution is 2.28. The molecule has 0 amide bonds. The maximum Gasteiger partial charge on any atom is 0.143 e. The predicted molar refractivity (Wildman–Crippen MR) is 92.1 cm³/mol. The summed E-state index contributed by atoms with van der Waals surface area (Å²) in [6, 6.07) is 11.5. The van der Waals surface area contributed by atoms with Gasteiger partial charge in [-0.2, -0.15) is 0 Å². The van der Waals surface area contributed by atoms with Gasteiger partial charge in [0.15, 0.2) is 0 Å². The summed E-state index contributed by atoms with van der Waals surface area (Å²) in [5.74, 6) is 1.01. The topological polar surface area (TPSA) is 63.0 Å². The number of hydrogen-bond acceptors (Lipinski definition) is 4. The van der Waals surface area contributed by atoms with Crippen LogP contribution in [0.15, 0.2) is 48.8 Å². The summed E-state index contributed by atoms with van der Waals surface area (Å²) >= 11 is 0. The monoisotopic (exact) mass is 304 g/mol. The molecule has 1 aromatic carbocycles. The van der Waals surface area contributed by atoms with Crippen LogP contribution >= 0.6 is 0 Å². The number of nitrogens with one attached hydrogen (secondary N) is 1. The SMILES string of the molecule is Cc1ccc(Nc2ccc3c4cnccc4n(C)c3n2)cc1O. The molecule has 5 heteroatoms. The molecule has 0 atom stereocenters. The van der Waals surface area contributed by atoms with Gasteiger partial charge in [0.05, 0.1) is 5.52 Å². The lowest BCUT2D eigenvalue weighted by molar-refractivity contribution is 0.471. The molecule has 5 nitrogen and oxygen atoms in total. The fourth-order valence-electron chi connectivity index (χ4n) is 2.82. The van der Waals surface area contributed by atoms with E-state index in [2.05, 4.69) is 14.9 Å². The van der Waals surface area contributed by atoms with E-state index in [1.165, 1.54) is 0 Å². The number of phenolic OH excluding ortho intramolecular Hbond substituents is 1. The van der Waals surface area contributed by atoms with E-state index in [1.54, 1.807) is 12.3 Å². The van der Waals surface area contributed by atoms with Crippen LogP contribution in [0.25, 0.3) is 21.9 Å². The maximum atomic E-state index is 9.82.